The molecule has 0 N–H and O–H groups in total. The third-order valence-electron chi connectivity index (χ3n) is 4.21. The SMILES string of the molecule is COc1ccc(N2CCN(C(=O)c3cccnc3SC(F)F)CC2)cc1. The monoisotopic (exact) mass is 379 g/mol. The van der Waals surface area contributed by atoms with Crippen LogP contribution >= 0.6 is 11.8 Å². The van der Waals surface area contributed by atoms with Crippen molar-refractivity contribution >= 4 is 23.4 Å². The van der Waals surface area contributed by atoms with Crippen molar-refractivity contribution in [2.75, 3.05) is 38.2 Å². The minimum Gasteiger partial charge on any atom is -0.497 e. The number of ether oxygens (including phenoxy) is 1. The fourth-order valence-corrected chi connectivity index (χ4v) is 3.44. The van der Waals surface area contributed by atoms with E-state index in [1.165, 1.54) is 6.20 Å². The van der Waals surface area contributed by atoms with Crippen LogP contribution in [0.2, 0.25) is 0 Å². The van der Waals surface area contributed by atoms with Crippen molar-refractivity contribution in [3.63, 3.8) is 0 Å². The minimum atomic E-state index is -2.61. The summed E-state index contributed by atoms with van der Waals surface area (Å²) in [6.45, 7) is 2.41. The number of pyridine rings is 1. The molecule has 0 unspecified atom stereocenters. The number of nitrogens with zero attached hydrogens (tertiary/aromatic N) is 3. The standard InChI is InChI=1S/C18H19F2N3O2S/c1-25-14-6-4-13(5-7-14)22-9-11-23(12-10-22)17(24)15-3-2-8-21-16(15)26-18(19)20/h2-8,18H,9-12H2,1H3. The van der Waals surface area contributed by atoms with Gasteiger partial charge in [0.1, 0.15) is 10.8 Å². The zero-order valence-corrected chi connectivity index (χ0v) is 15.1. The number of aromatic nitrogens is 1. The molecule has 1 amide bonds. The van der Waals surface area contributed by atoms with Gasteiger partial charge < -0.3 is 14.5 Å². The zero-order chi connectivity index (χ0) is 18.5. The third kappa shape index (κ3) is 4.24. The van der Waals surface area contributed by atoms with Crippen LogP contribution in [-0.2, 0) is 0 Å². The van der Waals surface area contributed by atoms with Crippen LogP contribution in [0, 0.1) is 0 Å². The van der Waals surface area contributed by atoms with Crippen LogP contribution in [0.1, 0.15) is 10.4 Å². The Morgan fingerprint density at radius 3 is 2.46 bits per heavy atom. The Labute approximate surface area is 155 Å². The predicted molar refractivity (Wildman–Crippen MR) is 97.2 cm³/mol. The van der Waals surface area contributed by atoms with Gasteiger partial charge in [-0.15, -0.1) is 0 Å². The molecule has 2 heterocycles. The number of rotatable bonds is 5. The molecule has 3 rings (SSSR count). The molecule has 0 radical (unpaired) electrons. The van der Waals surface area contributed by atoms with Crippen molar-refractivity contribution in [3.05, 3.63) is 48.2 Å². The van der Waals surface area contributed by atoms with Crippen LogP contribution in [-0.4, -0.2) is 54.8 Å². The molecule has 0 bridgehead atoms. The van der Waals surface area contributed by atoms with Crippen LogP contribution < -0.4 is 9.64 Å². The van der Waals surface area contributed by atoms with Crippen molar-refractivity contribution in [3.8, 4) is 5.75 Å². The van der Waals surface area contributed by atoms with Crippen molar-refractivity contribution in [2.45, 2.75) is 10.8 Å². The van der Waals surface area contributed by atoms with E-state index in [2.05, 4.69) is 9.88 Å². The highest BCUT2D eigenvalue weighted by Crippen LogP contribution is 2.27. The van der Waals surface area contributed by atoms with Crippen LogP contribution in [0.3, 0.4) is 0 Å². The molecule has 5 nitrogen and oxygen atoms in total. The Bertz CT molecular complexity index is 750. The molecule has 1 aliphatic heterocycles. The summed E-state index contributed by atoms with van der Waals surface area (Å²) in [5.74, 6) is -2.07. The molecule has 26 heavy (non-hydrogen) atoms. The molecule has 1 aromatic carbocycles. The fraction of sp³-hybridized carbons (Fsp3) is 0.333. The number of hydrogen-bond donors (Lipinski definition) is 0. The number of thioether (sulfide) groups is 1. The number of hydrogen-bond acceptors (Lipinski definition) is 5. The molecule has 1 fully saturated rings. The number of halogens is 2. The number of methoxy groups -OCH3 is 1. The molecule has 0 spiro atoms. The number of amides is 1. The molecule has 1 aliphatic rings. The lowest BCUT2D eigenvalue weighted by atomic mass is 10.2. The minimum absolute atomic E-state index is 0.0742. The number of piperazine rings is 1. The third-order valence-corrected chi connectivity index (χ3v) is 4.93. The summed E-state index contributed by atoms with van der Waals surface area (Å²) in [7, 11) is 1.62. The van der Waals surface area contributed by atoms with Gasteiger partial charge in [0.25, 0.3) is 11.7 Å². The van der Waals surface area contributed by atoms with E-state index in [0.29, 0.717) is 37.9 Å². The predicted octanol–water partition coefficient (Wildman–Crippen LogP) is 3.37. The van der Waals surface area contributed by atoms with Crippen molar-refractivity contribution in [1.29, 1.82) is 0 Å². The van der Waals surface area contributed by atoms with Gasteiger partial charge in [0, 0.05) is 38.1 Å². The number of carbonyl (C=O) groups excluding carboxylic acids is 1. The molecule has 2 aromatic rings. The Morgan fingerprint density at radius 2 is 1.85 bits per heavy atom. The highest BCUT2D eigenvalue weighted by atomic mass is 32.2. The summed E-state index contributed by atoms with van der Waals surface area (Å²) in [6.07, 6.45) is 1.42. The quantitative estimate of drug-likeness (QED) is 0.746. The molecule has 1 aromatic heterocycles. The van der Waals surface area contributed by atoms with Crippen molar-refractivity contribution in [2.24, 2.45) is 0 Å². The van der Waals surface area contributed by atoms with E-state index in [1.54, 1.807) is 24.1 Å². The second kappa shape index (κ2) is 8.35. The van der Waals surface area contributed by atoms with E-state index < -0.39 is 5.76 Å². The van der Waals surface area contributed by atoms with Gasteiger partial charge in [0.15, 0.2) is 0 Å². The van der Waals surface area contributed by atoms with E-state index in [0.717, 1.165) is 11.4 Å². The van der Waals surface area contributed by atoms with Gasteiger partial charge in [-0.05, 0) is 48.2 Å². The maximum absolute atomic E-state index is 12.7. The molecule has 138 valence electrons. The molecule has 1 saturated heterocycles. The van der Waals surface area contributed by atoms with E-state index in [4.69, 9.17) is 4.74 Å². The summed E-state index contributed by atoms with van der Waals surface area (Å²) in [5.41, 5.74) is 1.30. The Balaban J connectivity index is 1.65. The lowest BCUT2D eigenvalue weighted by molar-refractivity contribution is 0.0742. The molecule has 0 saturated carbocycles. The number of alkyl halides is 2. The highest BCUT2D eigenvalue weighted by molar-refractivity contribution is 7.99. The summed E-state index contributed by atoms with van der Waals surface area (Å²) in [5, 5.41) is 0.0742. The van der Waals surface area contributed by atoms with Crippen LogP contribution in [0.4, 0.5) is 14.5 Å². The number of carbonyl (C=O) groups is 1. The summed E-state index contributed by atoms with van der Waals surface area (Å²) in [6, 6.07) is 10.9. The largest absolute Gasteiger partial charge is 0.497 e. The summed E-state index contributed by atoms with van der Waals surface area (Å²) >= 11 is 0.304. The van der Waals surface area contributed by atoms with Gasteiger partial charge >= 0.3 is 0 Å². The molecule has 8 heteroatoms. The first-order valence-corrected chi connectivity index (χ1v) is 9.04. The Morgan fingerprint density at radius 1 is 1.15 bits per heavy atom. The fourth-order valence-electron chi connectivity index (χ4n) is 2.86. The number of anilines is 1. The topological polar surface area (TPSA) is 45.7 Å². The van der Waals surface area contributed by atoms with Crippen LogP contribution in [0.25, 0.3) is 0 Å². The smallest absolute Gasteiger partial charge is 0.290 e. The van der Waals surface area contributed by atoms with Gasteiger partial charge in [0.05, 0.1) is 12.7 Å². The van der Waals surface area contributed by atoms with Gasteiger partial charge in [-0.25, -0.2) is 4.98 Å². The molecule has 0 atom stereocenters. The first-order chi connectivity index (χ1) is 12.6. The average Bonchev–Trinajstić information content (AvgIpc) is 2.68. The normalized spacial score (nSPS) is 14.6. The van der Waals surface area contributed by atoms with E-state index in [-0.39, 0.29) is 16.5 Å². The first-order valence-electron chi connectivity index (χ1n) is 8.16. The lowest BCUT2D eigenvalue weighted by Crippen LogP contribution is -2.48. The lowest BCUT2D eigenvalue weighted by Gasteiger charge is -2.36. The van der Waals surface area contributed by atoms with Gasteiger partial charge in [-0.3, -0.25) is 4.79 Å². The van der Waals surface area contributed by atoms with Crippen molar-refractivity contribution in [1.82, 2.24) is 9.88 Å². The maximum atomic E-state index is 12.7. The van der Waals surface area contributed by atoms with E-state index in [1.807, 2.05) is 24.3 Å². The second-order valence-electron chi connectivity index (χ2n) is 5.71. The van der Waals surface area contributed by atoms with Gasteiger partial charge in [-0.1, -0.05) is 0 Å². The van der Waals surface area contributed by atoms with Gasteiger partial charge in [0.2, 0.25) is 0 Å². The maximum Gasteiger partial charge on any atom is 0.290 e. The first kappa shape index (κ1) is 18.4. The highest BCUT2D eigenvalue weighted by Gasteiger charge is 2.25. The van der Waals surface area contributed by atoms with E-state index >= 15 is 0 Å². The Kier molecular flexibility index (Phi) is 5.92. The van der Waals surface area contributed by atoms with Crippen LogP contribution in [0.5, 0.6) is 5.75 Å². The summed E-state index contributed by atoms with van der Waals surface area (Å²) in [4.78, 5) is 20.5. The average molecular weight is 379 g/mol. The number of benzene rings is 1. The van der Waals surface area contributed by atoms with E-state index in [9.17, 15) is 13.6 Å². The Hall–Kier alpha value is -2.35. The van der Waals surface area contributed by atoms with Crippen molar-refractivity contribution < 1.29 is 18.3 Å². The molecular formula is C18H19F2N3O2S. The zero-order valence-electron chi connectivity index (χ0n) is 14.3. The molecule has 0 aliphatic carbocycles. The van der Waals surface area contributed by atoms with Gasteiger partial charge in [-0.2, -0.15) is 8.78 Å². The van der Waals surface area contributed by atoms with Crippen LogP contribution in [0.15, 0.2) is 47.6 Å². The summed E-state index contributed by atoms with van der Waals surface area (Å²) < 4.78 is 30.5. The second-order valence-corrected chi connectivity index (χ2v) is 6.69. The molecular weight excluding hydrogens is 360 g/mol.